The van der Waals surface area contributed by atoms with Crippen molar-refractivity contribution in [3.05, 3.63) is 24.8 Å². The van der Waals surface area contributed by atoms with E-state index in [1.807, 2.05) is 12.2 Å². The van der Waals surface area contributed by atoms with Crippen molar-refractivity contribution in [2.75, 3.05) is 6.61 Å². The molecule has 0 aromatic heterocycles. The summed E-state index contributed by atoms with van der Waals surface area (Å²) in [6, 6.07) is 0. The van der Waals surface area contributed by atoms with Crippen molar-refractivity contribution in [1.82, 2.24) is 0 Å². The Hall–Kier alpha value is -1.00. The van der Waals surface area contributed by atoms with E-state index in [1.165, 1.54) is 38.5 Å². The van der Waals surface area contributed by atoms with Gasteiger partial charge in [-0.05, 0) is 31.8 Å². The van der Waals surface area contributed by atoms with Crippen molar-refractivity contribution < 1.29 is 5.11 Å². The fourth-order valence-electron chi connectivity index (χ4n) is 1.70. The Morgan fingerprint density at radius 2 is 1.56 bits per heavy atom. The van der Waals surface area contributed by atoms with E-state index < -0.39 is 0 Å². The molecular formula is C17H28O. The van der Waals surface area contributed by atoms with Crippen molar-refractivity contribution in [2.24, 2.45) is 0 Å². The van der Waals surface area contributed by atoms with E-state index in [1.54, 1.807) is 0 Å². The van der Waals surface area contributed by atoms with Gasteiger partial charge >= 0.3 is 0 Å². The fraction of sp³-hybridized carbons (Fsp3) is 0.647. The predicted molar refractivity (Wildman–Crippen MR) is 80.4 cm³/mol. The second-order valence-corrected chi connectivity index (χ2v) is 4.54. The highest BCUT2D eigenvalue weighted by Gasteiger charge is 1.90. The maximum atomic E-state index is 8.63. The van der Waals surface area contributed by atoms with Crippen LogP contribution in [-0.2, 0) is 0 Å². The Morgan fingerprint density at radius 1 is 0.889 bits per heavy atom. The van der Waals surface area contributed by atoms with Crippen LogP contribution in [0.25, 0.3) is 0 Å². The Morgan fingerprint density at radius 3 is 2.22 bits per heavy atom. The molecule has 0 aromatic carbocycles. The smallest absolute Gasteiger partial charge is 0.0431 e. The van der Waals surface area contributed by atoms with Gasteiger partial charge < -0.3 is 5.11 Å². The van der Waals surface area contributed by atoms with Crippen LogP contribution in [0.5, 0.6) is 0 Å². The minimum atomic E-state index is 0.343. The Bertz CT molecular complexity index is 255. The standard InChI is InChI=1S/C17H28O/c1-2-3-4-5-6-7-8-9-10-11-12-13-14-15-16-17-18/h2,5-6,18H,1,3-4,9-17H2/b6-5-. The van der Waals surface area contributed by atoms with Gasteiger partial charge in [0.15, 0.2) is 0 Å². The molecule has 0 heterocycles. The molecule has 1 heteroatoms. The Labute approximate surface area is 113 Å². The molecule has 0 rings (SSSR count). The van der Waals surface area contributed by atoms with Crippen LogP contribution in [0.15, 0.2) is 24.8 Å². The third-order valence-corrected chi connectivity index (χ3v) is 2.80. The molecule has 0 aliphatic heterocycles. The van der Waals surface area contributed by atoms with Crippen molar-refractivity contribution in [3.63, 3.8) is 0 Å². The Balaban J connectivity index is 3.17. The van der Waals surface area contributed by atoms with Crippen molar-refractivity contribution >= 4 is 0 Å². The van der Waals surface area contributed by atoms with Crippen LogP contribution in [-0.4, -0.2) is 11.7 Å². The molecule has 18 heavy (non-hydrogen) atoms. The molecule has 0 amide bonds. The minimum absolute atomic E-state index is 0.343. The maximum absolute atomic E-state index is 8.63. The molecular weight excluding hydrogens is 220 g/mol. The molecule has 102 valence electrons. The highest BCUT2D eigenvalue weighted by molar-refractivity contribution is 5.15. The van der Waals surface area contributed by atoms with Gasteiger partial charge in [-0.2, -0.15) is 0 Å². The quantitative estimate of drug-likeness (QED) is 0.321. The molecule has 0 bridgehead atoms. The molecule has 0 unspecified atom stereocenters. The van der Waals surface area contributed by atoms with Crippen molar-refractivity contribution in [3.8, 4) is 11.8 Å². The lowest BCUT2D eigenvalue weighted by Gasteiger charge is -1.98. The van der Waals surface area contributed by atoms with Gasteiger partial charge in [-0.1, -0.05) is 56.1 Å². The molecule has 0 aromatic rings. The molecule has 0 spiro atoms. The first-order valence-electron chi connectivity index (χ1n) is 7.27. The summed E-state index contributed by atoms with van der Waals surface area (Å²) in [6.07, 6.45) is 17.6. The number of hydrogen-bond acceptors (Lipinski definition) is 1. The minimum Gasteiger partial charge on any atom is -0.396 e. The number of allylic oxidation sites excluding steroid dienone is 3. The molecule has 0 fully saturated rings. The van der Waals surface area contributed by atoms with E-state index >= 15 is 0 Å². The fourth-order valence-corrected chi connectivity index (χ4v) is 1.70. The van der Waals surface area contributed by atoms with Crippen LogP contribution >= 0.6 is 0 Å². The molecule has 0 aliphatic carbocycles. The molecule has 0 saturated heterocycles. The highest BCUT2D eigenvalue weighted by atomic mass is 16.2. The third kappa shape index (κ3) is 15.0. The van der Waals surface area contributed by atoms with E-state index in [9.17, 15) is 0 Å². The number of aliphatic hydroxyl groups is 1. The number of unbranched alkanes of at least 4 members (excludes halogenated alkanes) is 8. The summed E-state index contributed by atoms with van der Waals surface area (Å²) in [6.45, 7) is 4.02. The molecule has 0 saturated carbocycles. The van der Waals surface area contributed by atoms with Crippen LogP contribution in [0.1, 0.15) is 64.2 Å². The van der Waals surface area contributed by atoms with Crippen molar-refractivity contribution in [2.45, 2.75) is 64.2 Å². The van der Waals surface area contributed by atoms with Gasteiger partial charge in [0.25, 0.3) is 0 Å². The first-order valence-corrected chi connectivity index (χ1v) is 7.27. The van der Waals surface area contributed by atoms with Gasteiger partial charge in [-0.15, -0.1) is 6.58 Å². The van der Waals surface area contributed by atoms with Crippen LogP contribution in [0, 0.1) is 11.8 Å². The lowest BCUT2D eigenvalue weighted by molar-refractivity contribution is 0.282. The summed E-state index contributed by atoms with van der Waals surface area (Å²) in [4.78, 5) is 0. The molecule has 1 nitrogen and oxygen atoms in total. The second-order valence-electron chi connectivity index (χ2n) is 4.54. The normalized spacial score (nSPS) is 10.3. The molecule has 0 radical (unpaired) electrons. The largest absolute Gasteiger partial charge is 0.396 e. The van der Waals surface area contributed by atoms with Crippen LogP contribution in [0.3, 0.4) is 0 Å². The van der Waals surface area contributed by atoms with Crippen LogP contribution in [0.4, 0.5) is 0 Å². The third-order valence-electron chi connectivity index (χ3n) is 2.80. The number of hydrogen-bond donors (Lipinski definition) is 1. The zero-order chi connectivity index (χ0) is 13.3. The first kappa shape index (κ1) is 17.0. The van der Waals surface area contributed by atoms with Crippen molar-refractivity contribution in [1.29, 1.82) is 0 Å². The monoisotopic (exact) mass is 248 g/mol. The number of aliphatic hydroxyl groups excluding tert-OH is 1. The van der Waals surface area contributed by atoms with E-state index in [0.717, 1.165) is 25.7 Å². The summed E-state index contributed by atoms with van der Waals surface area (Å²) in [5.74, 6) is 6.25. The molecule has 0 atom stereocenters. The van der Waals surface area contributed by atoms with E-state index in [2.05, 4.69) is 24.5 Å². The highest BCUT2D eigenvalue weighted by Crippen LogP contribution is 2.07. The van der Waals surface area contributed by atoms with Crippen LogP contribution in [0.2, 0.25) is 0 Å². The van der Waals surface area contributed by atoms with Gasteiger partial charge in [0.05, 0.1) is 0 Å². The Kier molecular flexibility index (Phi) is 15.1. The zero-order valence-corrected chi connectivity index (χ0v) is 11.7. The molecule has 1 N–H and O–H groups in total. The SMILES string of the molecule is C=CCC/C=C\C#CCCCCCCCCCO. The van der Waals surface area contributed by atoms with Gasteiger partial charge in [-0.3, -0.25) is 0 Å². The summed E-state index contributed by atoms with van der Waals surface area (Å²) in [5.41, 5.74) is 0. The van der Waals surface area contributed by atoms with Crippen LogP contribution < -0.4 is 0 Å². The lowest BCUT2D eigenvalue weighted by atomic mass is 10.1. The lowest BCUT2D eigenvalue weighted by Crippen LogP contribution is -1.83. The summed E-state index contributed by atoms with van der Waals surface area (Å²) < 4.78 is 0. The average molecular weight is 248 g/mol. The maximum Gasteiger partial charge on any atom is 0.0431 e. The van der Waals surface area contributed by atoms with Gasteiger partial charge in [0, 0.05) is 13.0 Å². The van der Waals surface area contributed by atoms with E-state index in [0.29, 0.717) is 6.61 Å². The summed E-state index contributed by atoms with van der Waals surface area (Å²) >= 11 is 0. The van der Waals surface area contributed by atoms with Gasteiger partial charge in [0.2, 0.25) is 0 Å². The first-order chi connectivity index (χ1) is 8.91. The molecule has 0 aliphatic rings. The van der Waals surface area contributed by atoms with Gasteiger partial charge in [-0.25, -0.2) is 0 Å². The summed E-state index contributed by atoms with van der Waals surface area (Å²) in [5, 5.41) is 8.63. The topological polar surface area (TPSA) is 20.2 Å². The second kappa shape index (κ2) is 16.0. The zero-order valence-electron chi connectivity index (χ0n) is 11.7. The predicted octanol–water partition coefficient (Wildman–Crippen LogP) is 4.63. The summed E-state index contributed by atoms with van der Waals surface area (Å²) in [7, 11) is 0. The average Bonchev–Trinajstić information content (AvgIpc) is 2.39. The van der Waals surface area contributed by atoms with E-state index in [4.69, 9.17) is 5.11 Å². The number of rotatable bonds is 11. The van der Waals surface area contributed by atoms with Gasteiger partial charge in [0.1, 0.15) is 0 Å². The van der Waals surface area contributed by atoms with E-state index in [-0.39, 0.29) is 0 Å².